The first-order valence-corrected chi connectivity index (χ1v) is 5.14. The van der Waals surface area contributed by atoms with Gasteiger partial charge in [-0.1, -0.05) is 0 Å². The number of benzene rings is 1. The Hall–Kier alpha value is -2.24. The molecule has 1 atom stereocenters. The molecule has 98 valence electrons. The number of esters is 1. The van der Waals surface area contributed by atoms with Gasteiger partial charge in [-0.25, -0.2) is 4.79 Å². The molecule has 1 rings (SSSR count). The standard InChI is InChI=1S/C12H14O6/c1-6(11(14)15)7-4-8(12(16)18-3)9(13)5-10(7)17-2/h4-6,13H,1-3H3,(H,14,15). The number of methoxy groups -OCH3 is 2. The fraction of sp³-hybridized carbons (Fsp3) is 0.333. The fourth-order valence-corrected chi connectivity index (χ4v) is 1.51. The lowest BCUT2D eigenvalue weighted by molar-refractivity contribution is -0.138. The zero-order valence-electron chi connectivity index (χ0n) is 10.3. The molecule has 0 spiro atoms. The van der Waals surface area contributed by atoms with Gasteiger partial charge in [-0.15, -0.1) is 0 Å². The van der Waals surface area contributed by atoms with Gasteiger partial charge in [-0.05, 0) is 13.0 Å². The second-order valence-corrected chi connectivity index (χ2v) is 3.66. The Kier molecular flexibility index (Phi) is 4.14. The maximum absolute atomic E-state index is 11.4. The lowest BCUT2D eigenvalue weighted by atomic mass is 9.97. The first-order valence-electron chi connectivity index (χ1n) is 5.14. The molecule has 1 unspecified atom stereocenters. The van der Waals surface area contributed by atoms with Crippen molar-refractivity contribution in [3.05, 3.63) is 23.3 Å². The van der Waals surface area contributed by atoms with E-state index in [1.807, 2.05) is 0 Å². The van der Waals surface area contributed by atoms with Gasteiger partial charge in [-0.2, -0.15) is 0 Å². The van der Waals surface area contributed by atoms with Crippen LogP contribution in [0.2, 0.25) is 0 Å². The number of carbonyl (C=O) groups is 2. The Bertz CT molecular complexity index is 480. The highest BCUT2D eigenvalue weighted by molar-refractivity contribution is 5.93. The minimum Gasteiger partial charge on any atom is -0.507 e. The molecular weight excluding hydrogens is 240 g/mol. The number of phenolic OH excluding ortho intramolecular Hbond substituents is 1. The average molecular weight is 254 g/mol. The first-order chi connectivity index (χ1) is 8.42. The van der Waals surface area contributed by atoms with Gasteiger partial charge in [0.1, 0.15) is 17.1 Å². The fourth-order valence-electron chi connectivity index (χ4n) is 1.51. The third-order valence-corrected chi connectivity index (χ3v) is 2.59. The molecule has 18 heavy (non-hydrogen) atoms. The zero-order valence-corrected chi connectivity index (χ0v) is 10.3. The minimum atomic E-state index is -1.06. The van der Waals surface area contributed by atoms with Crippen molar-refractivity contribution in [2.24, 2.45) is 0 Å². The summed E-state index contributed by atoms with van der Waals surface area (Å²) >= 11 is 0. The Morgan fingerprint density at radius 2 is 1.89 bits per heavy atom. The average Bonchev–Trinajstić information content (AvgIpc) is 2.36. The maximum Gasteiger partial charge on any atom is 0.341 e. The summed E-state index contributed by atoms with van der Waals surface area (Å²) in [6.07, 6.45) is 0. The number of hydrogen-bond acceptors (Lipinski definition) is 5. The van der Waals surface area contributed by atoms with Crippen molar-refractivity contribution < 1.29 is 29.3 Å². The molecule has 0 heterocycles. The quantitative estimate of drug-likeness (QED) is 0.788. The van der Waals surface area contributed by atoms with Crippen molar-refractivity contribution >= 4 is 11.9 Å². The van der Waals surface area contributed by atoms with E-state index in [1.54, 1.807) is 0 Å². The highest BCUT2D eigenvalue weighted by Gasteiger charge is 2.23. The van der Waals surface area contributed by atoms with Crippen LogP contribution in [0.5, 0.6) is 11.5 Å². The summed E-state index contributed by atoms with van der Waals surface area (Å²) in [5.74, 6) is -2.79. The molecule has 1 aromatic carbocycles. The molecule has 0 fully saturated rings. The van der Waals surface area contributed by atoms with Gasteiger partial charge in [0.15, 0.2) is 0 Å². The van der Waals surface area contributed by atoms with Gasteiger partial charge in [0, 0.05) is 11.6 Å². The molecule has 0 saturated carbocycles. The van der Waals surface area contributed by atoms with Crippen LogP contribution >= 0.6 is 0 Å². The molecule has 1 aromatic rings. The Balaban J connectivity index is 3.39. The molecule has 0 aromatic heterocycles. The summed E-state index contributed by atoms with van der Waals surface area (Å²) in [6, 6.07) is 2.46. The van der Waals surface area contributed by atoms with Crippen molar-refractivity contribution in [3.63, 3.8) is 0 Å². The van der Waals surface area contributed by atoms with Crippen LogP contribution in [0.25, 0.3) is 0 Å². The minimum absolute atomic E-state index is 0.0959. The van der Waals surface area contributed by atoms with E-state index < -0.39 is 17.9 Å². The van der Waals surface area contributed by atoms with E-state index >= 15 is 0 Å². The number of phenols is 1. The lowest BCUT2D eigenvalue weighted by Gasteiger charge is -2.14. The first kappa shape index (κ1) is 13.8. The van der Waals surface area contributed by atoms with Crippen LogP contribution in [0, 0.1) is 0 Å². The molecule has 0 aliphatic rings. The molecular formula is C12H14O6. The van der Waals surface area contributed by atoms with Crippen molar-refractivity contribution in [3.8, 4) is 11.5 Å². The van der Waals surface area contributed by atoms with Crippen LogP contribution in [0.3, 0.4) is 0 Å². The molecule has 6 heteroatoms. The van der Waals surface area contributed by atoms with Crippen LogP contribution in [0.15, 0.2) is 12.1 Å². The summed E-state index contributed by atoms with van der Waals surface area (Å²) < 4.78 is 9.49. The number of aliphatic carboxylic acids is 1. The zero-order chi connectivity index (χ0) is 13.9. The molecule has 6 nitrogen and oxygen atoms in total. The number of aromatic hydroxyl groups is 1. The number of carboxylic acids is 1. The molecule has 0 bridgehead atoms. The van der Waals surface area contributed by atoms with E-state index in [0.717, 1.165) is 0 Å². The van der Waals surface area contributed by atoms with Crippen LogP contribution in [0.1, 0.15) is 28.8 Å². The molecule has 0 amide bonds. The van der Waals surface area contributed by atoms with Gasteiger partial charge < -0.3 is 19.7 Å². The predicted molar refractivity (Wildman–Crippen MR) is 62.0 cm³/mol. The highest BCUT2D eigenvalue weighted by atomic mass is 16.5. The number of carboxylic acid groups (broad SMARTS) is 1. The number of hydrogen-bond donors (Lipinski definition) is 2. The lowest BCUT2D eigenvalue weighted by Crippen LogP contribution is -2.11. The van der Waals surface area contributed by atoms with Crippen molar-refractivity contribution in [1.29, 1.82) is 0 Å². The van der Waals surface area contributed by atoms with Gasteiger partial charge in [0.05, 0.1) is 20.1 Å². The van der Waals surface area contributed by atoms with Crippen molar-refractivity contribution in [2.75, 3.05) is 14.2 Å². The SMILES string of the molecule is COC(=O)c1cc(C(C)C(=O)O)c(OC)cc1O. The second kappa shape index (κ2) is 5.39. The Morgan fingerprint density at radius 3 is 2.33 bits per heavy atom. The van der Waals surface area contributed by atoms with Crippen molar-refractivity contribution in [2.45, 2.75) is 12.8 Å². The number of carbonyl (C=O) groups excluding carboxylic acids is 1. The van der Waals surface area contributed by atoms with E-state index in [-0.39, 0.29) is 17.1 Å². The highest BCUT2D eigenvalue weighted by Crippen LogP contribution is 2.33. The predicted octanol–water partition coefficient (Wildman–Crippen LogP) is 1.38. The van der Waals surface area contributed by atoms with Crippen LogP contribution in [-0.4, -0.2) is 36.4 Å². The number of ether oxygens (including phenoxy) is 2. The van der Waals surface area contributed by atoms with Crippen molar-refractivity contribution in [1.82, 2.24) is 0 Å². The second-order valence-electron chi connectivity index (χ2n) is 3.66. The van der Waals surface area contributed by atoms with Gasteiger partial charge in [0.25, 0.3) is 0 Å². The van der Waals surface area contributed by atoms with Crippen LogP contribution in [0.4, 0.5) is 0 Å². The topological polar surface area (TPSA) is 93.1 Å². The molecule has 0 saturated heterocycles. The van der Waals surface area contributed by atoms with Crippen LogP contribution < -0.4 is 4.74 Å². The molecule has 0 aliphatic heterocycles. The van der Waals surface area contributed by atoms with E-state index in [4.69, 9.17) is 9.84 Å². The smallest absolute Gasteiger partial charge is 0.341 e. The van der Waals surface area contributed by atoms with E-state index in [0.29, 0.717) is 5.56 Å². The summed E-state index contributed by atoms with van der Waals surface area (Å²) in [6.45, 7) is 1.46. The van der Waals surface area contributed by atoms with E-state index in [2.05, 4.69) is 4.74 Å². The molecule has 0 radical (unpaired) electrons. The Morgan fingerprint density at radius 1 is 1.28 bits per heavy atom. The summed E-state index contributed by atoms with van der Waals surface area (Å²) in [7, 11) is 2.52. The normalized spacial score (nSPS) is 11.7. The van der Waals surface area contributed by atoms with Gasteiger partial charge in [-0.3, -0.25) is 4.79 Å². The largest absolute Gasteiger partial charge is 0.507 e. The van der Waals surface area contributed by atoms with E-state index in [1.165, 1.54) is 33.3 Å². The summed E-state index contributed by atoms with van der Waals surface area (Å²) in [5, 5.41) is 18.6. The van der Waals surface area contributed by atoms with E-state index in [9.17, 15) is 14.7 Å². The maximum atomic E-state index is 11.4. The molecule has 0 aliphatic carbocycles. The molecule has 2 N–H and O–H groups in total. The monoisotopic (exact) mass is 254 g/mol. The third-order valence-electron chi connectivity index (χ3n) is 2.59. The van der Waals surface area contributed by atoms with Crippen LogP contribution in [-0.2, 0) is 9.53 Å². The Labute approximate surface area is 104 Å². The summed E-state index contributed by atoms with van der Waals surface area (Å²) in [4.78, 5) is 22.4. The van der Waals surface area contributed by atoms with Gasteiger partial charge in [0.2, 0.25) is 0 Å². The summed E-state index contributed by atoms with van der Waals surface area (Å²) in [5.41, 5.74) is 0.199. The number of rotatable bonds is 4. The van der Waals surface area contributed by atoms with Gasteiger partial charge >= 0.3 is 11.9 Å². The third kappa shape index (κ3) is 2.53.